The van der Waals surface area contributed by atoms with Crippen molar-refractivity contribution in [2.45, 2.75) is 0 Å². The predicted octanol–water partition coefficient (Wildman–Crippen LogP) is 2.19. The van der Waals surface area contributed by atoms with Gasteiger partial charge in [-0.05, 0) is 22.6 Å². The Morgan fingerprint density at radius 2 is 2.58 bits per heavy atom. The van der Waals surface area contributed by atoms with Crippen LogP contribution in [0, 0.1) is 3.70 Å². The van der Waals surface area contributed by atoms with E-state index in [1.807, 2.05) is 11.6 Å². The predicted molar refractivity (Wildman–Crippen MR) is 59.4 cm³/mol. The summed E-state index contributed by atoms with van der Waals surface area (Å²) in [5.74, 6) is 0.807. The van der Waals surface area contributed by atoms with Crippen molar-refractivity contribution < 1.29 is 0 Å². The van der Waals surface area contributed by atoms with Crippen LogP contribution in [0.1, 0.15) is 0 Å². The van der Waals surface area contributed by atoms with E-state index in [0.29, 0.717) is 11.6 Å². The molecule has 0 saturated carbocycles. The van der Waals surface area contributed by atoms with Crippen LogP contribution in [0.3, 0.4) is 0 Å². The summed E-state index contributed by atoms with van der Waals surface area (Å²) < 4.78 is 3.02. The highest BCUT2D eigenvalue weighted by atomic mass is 127. The number of nitrogens with zero attached hydrogens (tertiary/aromatic N) is 2. The lowest BCUT2D eigenvalue weighted by molar-refractivity contribution is 0.889. The molecule has 0 bridgehead atoms. The van der Waals surface area contributed by atoms with Crippen LogP contribution >= 0.6 is 34.2 Å². The number of hydrogen-bond acceptors (Lipinski definition) is 2. The maximum Gasteiger partial charge on any atom is 0.203 e. The Labute approximate surface area is 90.0 Å². The molecule has 1 heterocycles. The third-order valence-corrected chi connectivity index (χ3v) is 2.51. The van der Waals surface area contributed by atoms with Crippen LogP contribution in [0.5, 0.6) is 0 Å². The molecule has 0 aliphatic heterocycles. The first-order chi connectivity index (χ1) is 5.61. The molecule has 0 aromatic carbocycles. The van der Waals surface area contributed by atoms with Crippen LogP contribution in [0.4, 0.5) is 5.95 Å². The molecule has 0 fully saturated rings. The summed E-state index contributed by atoms with van der Waals surface area (Å²) in [5.41, 5.74) is 0. The summed E-state index contributed by atoms with van der Waals surface area (Å²) in [7, 11) is 1.94. The second-order valence-corrected chi connectivity index (χ2v) is 3.97. The number of hydrogen-bond donors (Lipinski definition) is 1. The summed E-state index contributed by atoms with van der Waals surface area (Å²) in [4.78, 5) is 4.13. The van der Waals surface area contributed by atoms with E-state index in [2.05, 4.69) is 39.5 Å². The zero-order valence-electron chi connectivity index (χ0n) is 6.64. The normalized spacial score (nSPS) is 9.92. The van der Waals surface area contributed by atoms with Gasteiger partial charge < -0.3 is 9.88 Å². The van der Waals surface area contributed by atoms with Gasteiger partial charge in [0.15, 0.2) is 0 Å². The van der Waals surface area contributed by atoms with E-state index < -0.39 is 0 Å². The van der Waals surface area contributed by atoms with E-state index >= 15 is 0 Å². The summed E-state index contributed by atoms with van der Waals surface area (Å²) >= 11 is 7.80. The Morgan fingerprint density at radius 3 is 3.00 bits per heavy atom. The first kappa shape index (κ1) is 9.85. The van der Waals surface area contributed by atoms with Gasteiger partial charge in [0.25, 0.3) is 0 Å². The van der Waals surface area contributed by atoms with Crippen molar-refractivity contribution in [1.29, 1.82) is 0 Å². The first-order valence-electron chi connectivity index (χ1n) is 3.35. The molecule has 0 amide bonds. The number of anilines is 1. The molecule has 1 aromatic heterocycles. The van der Waals surface area contributed by atoms with Crippen molar-refractivity contribution in [2.75, 3.05) is 11.9 Å². The molecule has 12 heavy (non-hydrogen) atoms. The zero-order valence-corrected chi connectivity index (χ0v) is 9.56. The molecule has 3 nitrogen and oxygen atoms in total. The van der Waals surface area contributed by atoms with Gasteiger partial charge in [-0.1, -0.05) is 18.2 Å². The zero-order chi connectivity index (χ0) is 9.14. The van der Waals surface area contributed by atoms with Gasteiger partial charge in [0.2, 0.25) is 5.95 Å². The molecule has 0 radical (unpaired) electrons. The summed E-state index contributed by atoms with van der Waals surface area (Å²) in [5, 5.41) is 3.63. The molecular weight excluding hydrogens is 288 g/mol. The van der Waals surface area contributed by atoms with E-state index in [1.54, 1.807) is 6.20 Å². The average molecular weight is 298 g/mol. The minimum atomic E-state index is 0.544. The number of nitrogens with one attached hydrogen (secondary N) is 1. The fourth-order valence-corrected chi connectivity index (χ4v) is 1.16. The lowest BCUT2D eigenvalue weighted by Crippen LogP contribution is -2.06. The van der Waals surface area contributed by atoms with Crippen molar-refractivity contribution >= 4 is 40.1 Å². The van der Waals surface area contributed by atoms with Gasteiger partial charge in [-0.3, -0.25) is 0 Å². The first-order valence-corrected chi connectivity index (χ1v) is 4.81. The largest absolute Gasteiger partial charge is 0.351 e. The fourth-order valence-electron chi connectivity index (χ4n) is 0.728. The molecular formula is C7H9ClIN3. The van der Waals surface area contributed by atoms with Gasteiger partial charge >= 0.3 is 0 Å². The Hall–Kier alpha value is -0.230. The van der Waals surface area contributed by atoms with Crippen LogP contribution < -0.4 is 5.32 Å². The van der Waals surface area contributed by atoms with Crippen molar-refractivity contribution in [3.8, 4) is 0 Å². The Bertz CT molecular complexity index is 295. The highest BCUT2D eigenvalue weighted by Gasteiger charge is 2.01. The maximum atomic E-state index is 5.59. The van der Waals surface area contributed by atoms with Crippen LogP contribution in [-0.2, 0) is 7.05 Å². The summed E-state index contributed by atoms with van der Waals surface area (Å²) in [6.45, 7) is 4.11. The minimum Gasteiger partial charge on any atom is -0.351 e. The Morgan fingerprint density at radius 1 is 1.92 bits per heavy atom. The number of rotatable bonds is 3. The van der Waals surface area contributed by atoms with Gasteiger partial charge in [-0.2, -0.15) is 0 Å². The summed E-state index contributed by atoms with van der Waals surface area (Å²) in [6, 6.07) is 0. The fraction of sp³-hybridized carbons (Fsp3) is 0.286. The lowest BCUT2D eigenvalue weighted by atomic mass is 10.6. The Balaban J connectivity index is 2.63. The van der Waals surface area contributed by atoms with Gasteiger partial charge in [0, 0.05) is 12.1 Å². The van der Waals surface area contributed by atoms with Crippen molar-refractivity contribution in [3.63, 3.8) is 0 Å². The Kier molecular flexibility index (Phi) is 3.39. The van der Waals surface area contributed by atoms with Crippen LogP contribution in [-0.4, -0.2) is 16.1 Å². The van der Waals surface area contributed by atoms with Gasteiger partial charge in [-0.15, -0.1) is 0 Å². The molecule has 66 valence electrons. The summed E-state index contributed by atoms with van der Waals surface area (Å²) in [6.07, 6.45) is 1.79. The minimum absolute atomic E-state index is 0.544. The number of aromatic nitrogens is 2. The van der Waals surface area contributed by atoms with Crippen LogP contribution in [0.25, 0.3) is 0 Å². The van der Waals surface area contributed by atoms with Crippen LogP contribution in [0.15, 0.2) is 17.8 Å². The molecule has 0 aliphatic carbocycles. The second-order valence-electron chi connectivity index (χ2n) is 2.33. The molecule has 0 atom stereocenters. The second kappa shape index (κ2) is 4.13. The highest BCUT2D eigenvalue weighted by Crippen LogP contribution is 2.10. The maximum absolute atomic E-state index is 5.59. The smallest absolute Gasteiger partial charge is 0.203 e. The van der Waals surface area contributed by atoms with E-state index in [-0.39, 0.29) is 0 Å². The van der Waals surface area contributed by atoms with Crippen LogP contribution in [0.2, 0.25) is 0 Å². The standard InChI is InChI=1S/C7H9ClIN3/c1-5(8)3-10-7-11-4-6(9)12(7)2/h4H,1,3H2,2H3,(H,10,11). The molecule has 0 spiro atoms. The van der Waals surface area contributed by atoms with Gasteiger partial charge in [-0.25, -0.2) is 4.98 Å². The van der Waals surface area contributed by atoms with E-state index in [9.17, 15) is 0 Å². The van der Waals surface area contributed by atoms with E-state index in [0.717, 1.165) is 9.65 Å². The van der Waals surface area contributed by atoms with E-state index in [4.69, 9.17) is 11.6 Å². The molecule has 1 N–H and O–H groups in total. The number of imidazole rings is 1. The molecule has 1 rings (SSSR count). The quantitative estimate of drug-likeness (QED) is 0.867. The third kappa shape index (κ3) is 2.38. The third-order valence-electron chi connectivity index (χ3n) is 1.37. The number of halogens is 2. The molecule has 5 heteroatoms. The van der Waals surface area contributed by atoms with Crippen molar-refractivity contribution in [3.05, 3.63) is 21.5 Å². The van der Waals surface area contributed by atoms with Gasteiger partial charge in [0.05, 0.1) is 12.7 Å². The topological polar surface area (TPSA) is 29.9 Å². The molecule has 0 aliphatic rings. The monoisotopic (exact) mass is 297 g/mol. The van der Waals surface area contributed by atoms with E-state index in [1.165, 1.54) is 0 Å². The highest BCUT2D eigenvalue weighted by molar-refractivity contribution is 14.1. The molecule has 0 saturated heterocycles. The van der Waals surface area contributed by atoms with Crippen molar-refractivity contribution in [2.24, 2.45) is 7.05 Å². The average Bonchev–Trinajstić information content (AvgIpc) is 2.30. The SMILES string of the molecule is C=C(Cl)CNc1ncc(I)n1C. The molecule has 0 unspecified atom stereocenters. The lowest BCUT2D eigenvalue weighted by Gasteiger charge is -2.04. The molecule has 1 aromatic rings. The van der Waals surface area contributed by atoms with Gasteiger partial charge in [0.1, 0.15) is 3.70 Å². The van der Waals surface area contributed by atoms with Crippen molar-refractivity contribution in [1.82, 2.24) is 9.55 Å².